The first-order chi connectivity index (χ1) is 12.1. The molecule has 0 saturated heterocycles. The monoisotopic (exact) mass is 353 g/mol. The van der Waals surface area contributed by atoms with Crippen molar-refractivity contribution in [1.29, 1.82) is 0 Å². The summed E-state index contributed by atoms with van der Waals surface area (Å²) in [6.07, 6.45) is 7.23. The maximum absolute atomic E-state index is 12.5. The Balaban J connectivity index is 1.74. The fourth-order valence-corrected chi connectivity index (χ4v) is 3.37. The van der Waals surface area contributed by atoms with Crippen LogP contribution in [0.25, 0.3) is 11.4 Å². The van der Waals surface area contributed by atoms with Crippen molar-refractivity contribution in [1.82, 2.24) is 25.3 Å². The van der Waals surface area contributed by atoms with Crippen LogP contribution in [0.1, 0.15) is 45.3 Å². The predicted molar refractivity (Wildman–Crippen MR) is 97.3 cm³/mol. The van der Waals surface area contributed by atoms with Gasteiger partial charge in [0.15, 0.2) is 5.82 Å². The Hall–Kier alpha value is -2.67. The van der Waals surface area contributed by atoms with E-state index >= 15 is 0 Å². The first-order valence-corrected chi connectivity index (χ1v) is 8.87. The van der Waals surface area contributed by atoms with Gasteiger partial charge in [-0.1, -0.05) is 6.92 Å². The average Bonchev–Trinajstić information content (AvgIpc) is 2.99. The standard InChI is InChI=1S/C18H19N5OS/c1-4-15(18-22-11(2)12(3)25-18)23-17(24)14-9-20-16(21-10-14)13-6-5-7-19-8-13/h5-10,15H,4H2,1-3H3,(H,23,24). The zero-order chi connectivity index (χ0) is 17.8. The molecule has 25 heavy (non-hydrogen) atoms. The number of carbonyl (C=O) groups is 1. The maximum atomic E-state index is 12.5. The molecular weight excluding hydrogens is 334 g/mol. The van der Waals surface area contributed by atoms with E-state index in [2.05, 4.69) is 25.3 Å². The smallest absolute Gasteiger partial charge is 0.254 e. The van der Waals surface area contributed by atoms with Crippen LogP contribution in [-0.2, 0) is 0 Å². The topological polar surface area (TPSA) is 80.7 Å². The summed E-state index contributed by atoms with van der Waals surface area (Å²) in [7, 11) is 0. The van der Waals surface area contributed by atoms with Crippen LogP contribution in [0.2, 0.25) is 0 Å². The lowest BCUT2D eigenvalue weighted by atomic mass is 10.2. The molecule has 0 aromatic carbocycles. The second-order valence-corrected chi connectivity index (χ2v) is 6.90. The molecule has 0 radical (unpaired) electrons. The highest BCUT2D eigenvalue weighted by atomic mass is 32.1. The zero-order valence-electron chi connectivity index (χ0n) is 14.4. The number of nitrogens with zero attached hydrogens (tertiary/aromatic N) is 4. The van der Waals surface area contributed by atoms with Crippen LogP contribution in [0.15, 0.2) is 36.9 Å². The van der Waals surface area contributed by atoms with Crippen molar-refractivity contribution >= 4 is 17.2 Å². The summed E-state index contributed by atoms with van der Waals surface area (Å²) in [6.45, 7) is 6.05. The third kappa shape index (κ3) is 3.88. The molecule has 0 bridgehead atoms. The Bertz CT molecular complexity index is 841. The molecule has 0 fully saturated rings. The van der Waals surface area contributed by atoms with Gasteiger partial charge in [-0.25, -0.2) is 15.0 Å². The molecule has 0 aliphatic rings. The molecule has 3 aromatic rings. The van der Waals surface area contributed by atoms with Crippen LogP contribution in [0.4, 0.5) is 0 Å². The number of aryl methyl sites for hydroxylation is 2. The minimum absolute atomic E-state index is 0.108. The molecule has 0 aliphatic heterocycles. The van der Waals surface area contributed by atoms with Crippen LogP contribution >= 0.6 is 11.3 Å². The lowest BCUT2D eigenvalue weighted by Crippen LogP contribution is -2.28. The lowest BCUT2D eigenvalue weighted by Gasteiger charge is -2.14. The van der Waals surface area contributed by atoms with Gasteiger partial charge in [0, 0.05) is 35.2 Å². The summed E-state index contributed by atoms with van der Waals surface area (Å²) >= 11 is 1.62. The first-order valence-electron chi connectivity index (χ1n) is 8.05. The number of thiazole rings is 1. The molecule has 7 heteroatoms. The minimum Gasteiger partial charge on any atom is -0.343 e. The van der Waals surface area contributed by atoms with E-state index in [1.54, 1.807) is 23.7 Å². The summed E-state index contributed by atoms with van der Waals surface area (Å²) in [4.78, 5) is 30.8. The van der Waals surface area contributed by atoms with Gasteiger partial charge in [-0.3, -0.25) is 9.78 Å². The molecule has 3 aromatic heterocycles. The van der Waals surface area contributed by atoms with Crippen LogP contribution in [0, 0.1) is 13.8 Å². The molecule has 3 heterocycles. The number of amides is 1. The van der Waals surface area contributed by atoms with E-state index in [1.165, 1.54) is 17.3 Å². The fourth-order valence-electron chi connectivity index (χ4n) is 2.32. The molecule has 0 aliphatic carbocycles. The minimum atomic E-state index is -0.199. The van der Waals surface area contributed by atoms with Crippen LogP contribution in [0.5, 0.6) is 0 Å². The van der Waals surface area contributed by atoms with Crippen molar-refractivity contribution in [3.8, 4) is 11.4 Å². The molecule has 1 amide bonds. The second kappa shape index (κ2) is 7.48. The second-order valence-electron chi connectivity index (χ2n) is 5.67. The number of hydrogen-bond donors (Lipinski definition) is 1. The number of rotatable bonds is 5. The third-order valence-electron chi connectivity index (χ3n) is 3.89. The SMILES string of the molecule is CCC(NC(=O)c1cnc(-c2cccnc2)nc1)c1nc(C)c(C)s1. The molecule has 6 nitrogen and oxygen atoms in total. The third-order valence-corrected chi connectivity index (χ3v) is 5.08. The van der Waals surface area contributed by atoms with Gasteiger partial charge in [0.25, 0.3) is 5.91 Å². The van der Waals surface area contributed by atoms with Crippen LogP contribution in [-0.4, -0.2) is 25.8 Å². The Morgan fingerprint density at radius 3 is 2.56 bits per heavy atom. The largest absolute Gasteiger partial charge is 0.343 e. The summed E-state index contributed by atoms with van der Waals surface area (Å²) < 4.78 is 0. The summed E-state index contributed by atoms with van der Waals surface area (Å²) in [5.41, 5.74) is 2.25. The van der Waals surface area contributed by atoms with Gasteiger partial charge in [0.1, 0.15) is 5.01 Å². The fraction of sp³-hybridized carbons (Fsp3) is 0.278. The number of pyridine rings is 1. The van der Waals surface area contributed by atoms with Gasteiger partial charge in [-0.05, 0) is 32.4 Å². The predicted octanol–water partition coefficient (Wildman–Crippen LogP) is 3.49. The molecule has 0 saturated carbocycles. The Labute approximate surface area is 150 Å². The van der Waals surface area contributed by atoms with Crippen molar-refractivity contribution in [3.05, 3.63) is 58.1 Å². The quantitative estimate of drug-likeness (QED) is 0.759. The summed E-state index contributed by atoms with van der Waals surface area (Å²) in [5.74, 6) is 0.345. The summed E-state index contributed by atoms with van der Waals surface area (Å²) in [6, 6.07) is 3.59. The number of carbonyl (C=O) groups excluding carboxylic acids is 1. The van der Waals surface area contributed by atoms with Crippen molar-refractivity contribution < 1.29 is 4.79 Å². The number of hydrogen-bond acceptors (Lipinski definition) is 6. The first kappa shape index (κ1) is 17.2. The molecule has 3 rings (SSSR count). The highest BCUT2D eigenvalue weighted by molar-refractivity contribution is 7.11. The molecule has 1 unspecified atom stereocenters. The van der Waals surface area contributed by atoms with E-state index < -0.39 is 0 Å². The van der Waals surface area contributed by atoms with E-state index in [1.807, 2.05) is 32.9 Å². The van der Waals surface area contributed by atoms with E-state index in [0.29, 0.717) is 11.4 Å². The van der Waals surface area contributed by atoms with E-state index in [0.717, 1.165) is 22.7 Å². The normalized spacial score (nSPS) is 12.0. The van der Waals surface area contributed by atoms with Crippen molar-refractivity contribution in [2.45, 2.75) is 33.2 Å². The lowest BCUT2D eigenvalue weighted by molar-refractivity contribution is 0.0934. The van der Waals surface area contributed by atoms with Crippen LogP contribution in [0.3, 0.4) is 0 Å². The Morgan fingerprint density at radius 1 is 1.24 bits per heavy atom. The molecule has 1 atom stereocenters. The van der Waals surface area contributed by atoms with Crippen LogP contribution < -0.4 is 5.32 Å². The van der Waals surface area contributed by atoms with Crippen molar-refractivity contribution in [3.63, 3.8) is 0 Å². The van der Waals surface area contributed by atoms with Gasteiger partial charge in [0.2, 0.25) is 0 Å². The molecule has 128 valence electrons. The highest BCUT2D eigenvalue weighted by Gasteiger charge is 2.18. The number of aromatic nitrogens is 4. The average molecular weight is 353 g/mol. The zero-order valence-corrected chi connectivity index (χ0v) is 15.2. The van der Waals surface area contributed by atoms with Crippen molar-refractivity contribution in [2.75, 3.05) is 0 Å². The molecular formula is C18H19N5OS. The van der Waals surface area contributed by atoms with E-state index in [4.69, 9.17) is 0 Å². The Kier molecular flexibility index (Phi) is 5.14. The van der Waals surface area contributed by atoms with E-state index in [-0.39, 0.29) is 11.9 Å². The van der Waals surface area contributed by atoms with Gasteiger partial charge in [0.05, 0.1) is 17.3 Å². The van der Waals surface area contributed by atoms with Gasteiger partial charge in [-0.15, -0.1) is 11.3 Å². The molecule has 0 spiro atoms. The van der Waals surface area contributed by atoms with Crippen molar-refractivity contribution in [2.24, 2.45) is 0 Å². The molecule has 1 N–H and O–H groups in total. The van der Waals surface area contributed by atoms with E-state index in [9.17, 15) is 4.79 Å². The summed E-state index contributed by atoms with van der Waals surface area (Å²) in [5, 5.41) is 3.95. The Morgan fingerprint density at radius 2 is 2.00 bits per heavy atom. The number of nitrogens with one attached hydrogen (secondary N) is 1. The van der Waals surface area contributed by atoms with Gasteiger partial charge in [-0.2, -0.15) is 0 Å². The maximum Gasteiger partial charge on any atom is 0.254 e. The van der Waals surface area contributed by atoms with Gasteiger partial charge >= 0.3 is 0 Å². The highest BCUT2D eigenvalue weighted by Crippen LogP contribution is 2.25. The van der Waals surface area contributed by atoms with Gasteiger partial charge < -0.3 is 5.32 Å².